The normalized spacial score (nSPS) is 18.6. The Morgan fingerprint density at radius 1 is 0.941 bits per heavy atom. The summed E-state index contributed by atoms with van der Waals surface area (Å²) in [5.41, 5.74) is 0.766. The molecule has 0 unspecified atom stereocenters. The summed E-state index contributed by atoms with van der Waals surface area (Å²) < 4.78 is 5.79. The Bertz CT molecular complexity index is 927. The summed E-state index contributed by atoms with van der Waals surface area (Å²) in [5, 5.41) is 2.74. The average molecular weight is 472 g/mol. The van der Waals surface area contributed by atoms with Gasteiger partial charge < -0.3 is 19.9 Å². The van der Waals surface area contributed by atoms with Gasteiger partial charge in [-0.3, -0.25) is 19.2 Å². The quantitative estimate of drug-likeness (QED) is 0.644. The highest BCUT2D eigenvalue weighted by atomic mass is 16.5. The second-order valence-electron chi connectivity index (χ2n) is 10.6. The van der Waals surface area contributed by atoms with E-state index in [1.165, 1.54) is 13.8 Å². The van der Waals surface area contributed by atoms with Gasteiger partial charge in [0.2, 0.25) is 11.8 Å². The summed E-state index contributed by atoms with van der Waals surface area (Å²) in [6.45, 7) is 11.3. The largest absolute Gasteiger partial charge is 0.373 e. The molecule has 1 atom stereocenters. The maximum Gasteiger partial charge on any atom is 0.253 e. The van der Waals surface area contributed by atoms with E-state index in [0.29, 0.717) is 37.3 Å². The Balaban J connectivity index is 1.58. The fourth-order valence-corrected chi connectivity index (χ4v) is 4.72. The lowest BCUT2D eigenvalue weighted by molar-refractivity contribution is -0.139. The molecular weight excluding hydrogens is 434 g/mol. The molecule has 2 heterocycles. The highest BCUT2D eigenvalue weighted by molar-refractivity contribution is 5.97. The molecule has 186 valence electrons. The lowest BCUT2D eigenvalue weighted by atomic mass is 9.77. The van der Waals surface area contributed by atoms with E-state index in [0.717, 1.165) is 19.3 Å². The number of Topliss-reactive ketones (excluding diaryl/α,β-unsaturated/α-hetero) is 1. The number of carbonyl (C=O) groups is 4. The van der Waals surface area contributed by atoms with E-state index in [2.05, 4.69) is 5.32 Å². The fraction of sp³-hybridized carbons (Fsp3) is 0.615. The van der Waals surface area contributed by atoms with E-state index in [9.17, 15) is 19.2 Å². The van der Waals surface area contributed by atoms with Crippen LogP contribution in [0, 0.1) is 5.41 Å². The Kier molecular flexibility index (Phi) is 7.81. The predicted molar refractivity (Wildman–Crippen MR) is 129 cm³/mol. The van der Waals surface area contributed by atoms with Crippen LogP contribution in [0.4, 0.5) is 0 Å². The topological polar surface area (TPSA) is 96.0 Å². The second-order valence-corrected chi connectivity index (χ2v) is 10.6. The Labute approximate surface area is 202 Å². The fourth-order valence-electron chi connectivity index (χ4n) is 4.72. The van der Waals surface area contributed by atoms with Crippen molar-refractivity contribution in [1.29, 1.82) is 0 Å². The molecule has 0 bridgehead atoms. The van der Waals surface area contributed by atoms with Gasteiger partial charge in [0.25, 0.3) is 5.91 Å². The maximum atomic E-state index is 13.2. The molecule has 0 aliphatic carbocycles. The van der Waals surface area contributed by atoms with E-state index in [4.69, 9.17) is 4.74 Å². The van der Waals surface area contributed by atoms with Crippen molar-refractivity contribution in [2.45, 2.75) is 65.5 Å². The summed E-state index contributed by atoms with van der Waals surface area (Å²) in [6, 6.07) is 6.10. The van der Waals surface area contributed by atoms with Crippen molar-refractivity contribution in [3.63, 3.8) is 0 Å². The number of rotatable bonds is 6. The van der Waals surface area contributed by atoms with Crippen LogP contribution in [-0.4, -0.2) is 77.7 Å². The molecule has 2 fully saturated rings. The number of ether oxygens (including phenoxy) is 1. The third-order valence-electron chi connectivity index (χ3n) is 6.76. The van der Waals surface area contributed by atoms with Gasteiger partial charge in [0.05, 0.1) is 12.2 Å². The molecule has 1 N–H and O–H groups in total. The molecule has 2 aliphatic heterocycles. The SMILES string of the molecule is CC(=O)N[C@@H](COC(C)(C)C)C(=O)N1CCC2(CCN(C(=O)c3ccc(C(C)=O)cc3)CC2)C1. The molecule has 1 aromatic rings. The van der Waals surface area contributed by atoms with Crippen molar-refractivity contribution in [3.05, 3.63) is 35.4 Å². The minimum absolute atomic E-state index is 0.00339. The van der Waals surface area contributed by atoms with Gasteiger partial charge in [0, 0.05) is 44.2 Å². The molecule has 0 aromatic heterocycles. The summed E-state index contributed by atoms with van der Waals surface area (Å²) in [7, 11) is 0. The molecule has 3 amide bonds. The Morgan fingerprint density at radius 3 is 1.97 bits per heavy atom. The van der Waals surface area contributed by atoms with Crippen molar-refractivity contribution in [3.8, 4) is 0 Å². The minimum atomic E-state index is -0.702. The van der Waals surface area contributed by atoms with E-state index in [-0.39, 0.29) is 35.5 Å². The van der Waals surface area contributed by atoms with Crippen molar-refractivity contribution in [2.75, 3.05) is 32.8 Å². The monoisotopic (exact) mass is 471 g/mol. The lowest BCUT2D eigenvalue weighted by Crippen LogP contribution is -2.51. The van der Waals surface area contributed by atoms with Crippen molar-refractivity contribution in [2.24, 2.45) is 5.41 Å². The minimum Gasteiger partial charge on any atom is -0.373 e. The smallest absolute Gasteiger partial charge is 0.253 e. The number of hydrogen-bond donors (Lipinski definition) is 1. The van der Waals surface area contributed by atoms with Crippen LogP contribution in [0.15, 0.2) is 24.3 Å². The van der Waals surface area contributed by atoms with Crippen LogP contribution in [0.3, 0.4) is 0 Å². The first-order valence-electron chi connectivity index (χ1n) is 12.0. The first-order valence-corrected chi connectivity index (χ1v) is 12.0. The van der Waals surface area contributed by atoms with Crippen LogP contribution in [0.2, 0.25) is 0 Å². The van der Waals surface area contributed by atoms with E-state index in [1.54, 1.807) is 24.3 Å². The van der Waals surface area contributed by atoms with Gasteiger partial charge in [-0.25, -0.2) is 0 Å². The molecule has 0 radical (unpaired) electrons. The van der Waals surface area contributed by atoms with Gasteiger partial charge >= 0.3 is 0 Å². The molecular formula is C26H37N3O5. The van der Waals surface area contributed by atoms with Gasteiger partial charge in [0.15, 0.2) is 5.78 Å². The van der Waals surface area contributed by atoms with Crippen molar-refractivity contribution < 1.29 is 23.9 Å². The van der Waals surface area contributed by atoms with Gasteiger partial charge in [0.1, 0.15) is 6.04 Å². The predicted octanol–water partition coefficient (Wildman–Crippen LogP) is 2.66. The number of nitrogens with one attached hydrogen (secondary N) is 1. The number of ketones is 1. The first kappa shape index (κ1) is 25.9. The maximum absolute atomic E-state index is 13.2. The van der Waals surface area contributed by atoms with Crippen LogP contribution >= 0.6 is 0 Å². The highest BCUT2D eigenvalue weighted by Gasteiger charge is 2.44. The molecule has 3 rings (SSSR count). The van der Waals surface area contributed by atoms with E-state index in [1.807, 2.05) is 30.6 Å². The molecule has 0 saturated carbocycles. The summed E-state index contributed by atoms with van der Waals surface area (Å²) in [4.78, 5) is 53.0. The van der Waals surface area contributed by atoms with Gasteiger partial charge in [-0.05, 0) is 64.5 Å². The number of amides is 3. The molecule has 1 spiro atoms. The Morgan fingerprint density at radius 2 is 1.47 bits per heavy atom. The zero-order valence-electron chi connectivity index (χ0n) is 21.0. The van der Waals surface area contributed by atoms with Crippen molar-refractivity contribution in [1.82, 2.24) is 15.1 Å². The standard InChI is InChI=1S/C26H37N3O5/c1-18(30)20-6-8-21(9-7-20)23(32)28-13-10-26(11-14-28)12-15-29(17-26)24(33)22(27-19(2)31)16-34-25(3,4)5/h6-9,22H,10-17H2,1-5H3,(H,27,31)/t22-/m0/s1. The highest BCUT2D eigenvalue weighted by Crippen LogP contribution is 2.40. The van der Waals surface area contributed by atoms with Gasteiger partial charge in [-0.1, -0.05) is 12.1 Å². The summed E-state index contributed by atoms with van der Waals surface area (Å²) >= 11 is 0. The number of piperidine rings is 1. The molecule has 1 aromatic carbocycles. The van der Waals surface area contributed by atoms with E-state index >= 15 is 0 Å². The van der Waals surface area contributed by atoms with Crippen LogP contribution in [0.1, 0.15) is 74.6 Å². The van der Waals surface area contributed by atoms with Crippen molar-refractivity contribution >= 4 is 23.5 Å². The average Bonchev–Trinajstić information content (AvgIpc) is 3.19. The van der Waals surface area contributed by atoms with Crippen LogP contribution < -0.4 is 5.32 Å². The number of hydrogen-bond acceptors (Lipinski definition) is 5. The molecule has 2 saturated heterocycles. The second kappa shape index (κ2) is 10.3. The summed E-state index contributed by atoms with van der Waals surface area (Å²) in [6.07, 6.45) is 2.55. The van der Waals surface area contributed by atoms with Crippen LogP contribution in [0.25, 0.3) is 0 Å². The number of carbonyl (C=O) groups excluding carboxylic acids is 4. The lowest BCUT2D eigenvalue weighted by Gasteiger charge is -2.39. The van der Waals surface area contributed by atoms with Crippen LogP contribution in [-0.2, 0) is 14.3 Å². The molecule has 8 nitrogen and oxygen atoms in total. The van der Waals surface area contributed by atoms with Crippen LogP contribution in [0.5, 0.6) is 0 Å². The summed E-state index contributed by atoms with van der Waals surface area (Å²) in [5.74, 6) is -0.417. The zero-order valence-corrected chi connectivity index (χ0v) is 21.0. The molecule has 2 aliphatic rings. The molecule has 8 heteroatoms. The molecule has 34 heavy (non-hydrogen) atoms. The van der Waals surface area contributed by atoms with E-state index < -0.39 is 11.6 Å². The van der Waals surface area contributed by atoms with Gasteiger partial charge in [-0.15, -0.1) is 0 Å². The number of likely N-dealkylation sites (tertiary alicyclic amines) is 2. The third kappa shape index (κ3) is 6.44. The number of nitrogens with zero attached hydrogens (tertiary/aromatic N) is 2. The van der Waals surface area contributed by atoms with Gasteiger partial charge in [-0.2, -0.15) is 0 Å². The first-order chi connectivity index (χ1) is 15.9. The number of benzene rings is 1. The zero-order chi connectivity index (χ0) is 25.1. The third-order valence-corrected chi connectivity index (χ3v) is 6.76. The Hall–Kier alpha value is -2.74.